The molecule has 0 fully saturated rings. The Morgan fingerprint density at radius 3 is 2.38 bits per heavy atom. The van der Waals surface area contributed by atoms with Crippen molar-refractivity contribution in [3.8, 4) is 0 Å². The Labute approximate surface area is 119 Å². The molecular formula is C14H12N2O5. The largest absolute Gasteiger partial charge is 0.480 e. The average Bonchev–Trinajstić information content (AvgIpc) is 2.67. The van der Waals surface area contributed by atoms with Gasteiger partial charge in [0.15, 0.2) is 0 Å². The Morgan fingerprint density at radius 1 is 1.24 bits per heavy atom. The molecule has 0 radical (unpaired) electrons. The summed E-state index contributed by atoms with van der Waals surface area (Å²) in [5.74, 6) is -2.33. The van der Waals surface area contributed by atoms with Crippen molar-refractivity contribution >= 4 is 29.8 Å². The first-order chi connectivity index (χ1) is 9.88. The minimum Gasteiger partial charge on any atom is -0.480 e. The molecule has 0 bridgehead atoms. The number of carbonyl (C=O) groups excluding carboxylic acids is 1. The van der Waals surface area contributed by atoms with Gasteiger partial charge in [0.1, 0.15) is 18.1 Å². The van der Waals surface area contributed by atoms with E-state index in [1.54, 1.807) is 19.1 Å². The van der Waals surface area contributed by atoms with Crippen molar-refractivity contribution in [1.82, 2.24) is 4.90 Å². The highest BCUT2D eigenvalue weighted by Crippen LogP contribution is 2.18. The zero-order valence-corrected chi connectivity index (χ0v) is 11.1. The number of amidine groups is 1. The van der Waals surface area contributed by atoms with Crippen LogP contribution in [-0.4, -0.2) is 45.3 Å². The van der Waals surface area contributed by atoms with Crippen LogP contribution in [0.2, 0.25) is 0 Å². The number of hydrogen-bond donors (Lipinski definition) is 2. The van der Waals surface area contributed by atoms with Gasteiger partial charge in [0.25, 0.3) is 5.91 Å². The molecule has 1 aromatic rings. The first kappa shape index (κ1) is 14.4. The minimum absolute atomic E-state index is 0.122. The highest BCUT2D eigenvalue weighted by molar-refractivity contribution is 6.14. The summed E-state index contributed by atoms with van der Waals surface area (Å²) in [7, 11) is 0. The maximum Gasteiger partial charge on any atom is 0.335 e. The van der Waals surface area contributed by atoms with E-state index in [-0.39, 0.29) is 11.3 Å². The SMILES string of the molecule is CC1=N/C(=C/c2ccc(C(=O)O)cc2)C(=O)N1CC(=O)O. The fourth-order valence-electron chi connectivity index (χ4n) is 1.86. The predicted octanol–water partition coefficient (Wildman–Crippen LogP) is 1.07. The van der Waals surface area contributed by atoms with Crippen LogP contribution in [0, 0.1) is 0 Å². The molecule has 1 aromatic carbocycles. The number of aromatic carboxylic acids is 1. The highest BCUT2D eigenvalue weighted by atomic mass is 16.4. The standard InChI is InChI=1S/C14H12N2O5/c1-8-15-11(13(19)16(8)7-12(17)18)6-9-2-4-10(5-3-9)14(20)21/h2-6H,7H2,1H3,(H,17,18)(H,20,21)/b11-6+. The maximum atomic E-state index is 12.0. The lowest BCUT2D eigenvalue weighted by Gasteiger charge is -2.11. The third kappa shape index (κ3) is 3.14. The predicted molar refractivity (Wildman–Crippen MR) is 73.8 cm³/mol. The lowest BCUT2D eigenvalue weighted by atomic mass is 10.1. The molecule has 2 N–H and O–H groups in total. The second-order valence-electron chi connectivity index (χ2n) is 4.40. The summed E-state index contributed by atoms with van der Waals surface area (Å²) < 4.78 is 0. The number of carboxylic acid groups (broad SMARTS) is 2. The Hall–Kier alpha value is -2.96. The third-order valence-corrected chi connectivity index (χ3v) is 2.89. The molecule has 1 aliphatic rings. The van der Waals surface area contributed by atoms with Crippen LogP contribution in [0.4, 0.5) is 0 Å². The van der Waals surface area contributed by atoms with Crippen molar-refractivity contribution in [3.63, 3.8) is 0 Å². The molecule has 2 rings (SSSR count). The number of amides is 1. The van der Waals surface area contributed by atoms with Crippen molar-refractivity contribution in [2.75, 3.05) is 6.54 Å². The topological polar surface area (TPSA) is 107 Å². The van der Waals surface area contributed by atoms with Crippen LogP contribution in [0.1, 0.15) is 22.8 Å². The second kappa shape index (κ2) is 5.58. The molecule has 21 heavy (non-hydrogen) atoms. The summed E-state index contributed by atoms with van der Waals surface area (Å²) in [5, 5.41) is 17.5. The van der Waals surface area contributed by atoms with Gasteiger partial charge >= 0.3 is 11.9 Å². The van der Waals surface area contributed by atoms with E-state index in [2.05, 4.69) is 4.99 Å². The summed E-state index contributed by atoms with van der Waals surface area (Å²) in [6.45, 7) is 1.11. The van der Waals surface area contributed by atoms with E-state index in [9.17, 15) is 14.4 Å². The summed E-state index contributed by atoms with van der Waals surface area (Å²) in [6.07, 6.45) is 1.49. The number of carbonyl (C=O) groups is 3. The number of rotatable bonds is 4. The van der Waals surface area contributed by atoms with E-state index in [0.29, 0.717) is 11.4 Å². The summed E-state index contributed by atoms with van der Waals surface area (Å²) >= 11 is 0. The molecule has 0 aliphatic carbocycles. The van der Waals surface area contributed by atoms with E-state index in [0.717, 1.165) is 4.90 Å². The first-order valence-electron chi connectivity index (χ1n) is 6.02. The minimum atomic E-state index is -1.12. The van der Waals surface area contributed by atoms with Gasteiger partial charge in [-0.05, 0) is 30.7 Å². The second-order valence-corrected chi connectivity index (χ2v) is 4.40. The van der Waals surface area contributed by atoms with Crippen LogP contribution in [0.3, 0.4) is 0 Å². The van der Waals surface area contributed by atoms with E-state index < -0.39 is 24.4 Å². The van der Waals surface area contributed by atoms with E-state index in [4.69, 9.17) is 10.2 Å². The number of benzene rings is 1. The van der Waals surface area contributed by atoms with Crippen molar-refractivity contribution in [1.29, 1.82) is 0 Å². The fraction of sp³-hybridized carbons (Fsp3) is 0.143. The highest BCUT2D eigenvalue weighted by Gasteiger charge is 2.28. The normalized spacial score (nSPS) is 16.2. The van der Waals surface area contributed by atoms with Gasteiger partial charge in [0, 0.05) is 0 Å². The summed E-state index contributed by atoms with van der Waals surface area (Å²) in [4.78, 5) is 38.5. The number of aliphatic carboxylic acids is 1. The fourth-order valence-corrected chi connectivity index (χ4v) is 1.86. The molecule has 7 heteroatoms. The van der Waals surface area contributed by atoms with Crippen LogP contribution in [0.25, 0.3) is 6.08 Å². The Balaban J connectivity index is 2.24. The molecule has 0 saturated heterocycles. The number of aliphatic imine (C=N–C) groups is 1. The molecule has 0 atom stereocenters. The number of hydrogen-bond acceptors (Lipinski definition) is 4. The molecule has 1 amide bonds. The van der Waals surface area contributed by atoms with Crippen molar-refractivity contribution in [3.05, 3.63) is 41.1 Å². The molecule has 0 spiro atoms. The quantitative estimate of drug-likeness (QED) is 0.806. The van der Waals surface area contributed by atoms with Gasteiger partial charge in [-0.3, -0.25) is 14.5 Å². The smallest absolute Gasteiger partial charge is 0.335 e. The van der Waals surface area contributed by atoms with Gasteiger partial charge < -0.3 is 10.2 Å². The Kier molecular flexibility index (Phi) is 3.84. The van der Waals surface area contributed by atoms with Gasteiger partial charge in [0.05, 0.1) is 5.56 Å². The maximum absolute atomic E-state index is 12.0. The van der Waals surface area contributed by atoms with Crippen LogP contribution < -0.4 is 0 Å². The van der Waals surface area contributed by atoms with E-state index in [1.165, 1.54) is 18.2 Å². The number of carboxylic acids is 2. The van der Waals surface area contributed by atoms with Crippen LogP contribution >= 0.6 is 0 Å². The Morgan fingerprint density at radius 2 is 1.86 bits per heavy atom. The van der Waals surface area contributed by atoms with Gasteiger partial charge in [-0.15, -0.1) is 0 Å². The third-order valence-electron chi connectivity index (χ3n) is 2.89. The van der Waals surface area contributed by atoms with Gasteiger partial charge in [-0.1, -0.05) is 12.1 Å². The van der Waals surface area contributed by atoms with Gasteiger partial charge in [0.2, 0.25) is 0 Å². The summed E-state index contributed by atoms with van der Waals surface area (Å²) in [5.41, 5.74) is 0.871. The summed E-state index contributed by atoms with van der Waals surface area (Å²) in [6, 6.07) is 5.93. The molecular weight excluding hydrogens is 276 g/mol. The average molecular weight is 288 g/mol. The molecule has 108 valence electrons. The van der Waals surface area contributed by atoms with Gasteiger partial charge in [-0.2, -0.15) is 0 Å². The lowest BCUT2D eigenvalue weighted by Crippen LogP contribution is -2.35. The van der Waals surface area contributed by atoms with Crippen molar-refractivity contribution < 1.29 is 24.6 Å². The van der Waals surface area contributed by atoms with Crippen molar-refractivity contribution in [2.45, 2.75) is 6.92 Å². The number of nitrogens with zero attached hydrogens (tertiary/aromatic N) is 2. The molecule has 0 aromatic heterocycles. The molecule has 0 unspecified atom stereocenters. The van der Waals surface area contributed by atoms with Crippen molar-refractivity contribution in [2.24, 2.45) is 4.99 Å². The van der Waals surface area contributed by atoms with Crippen LogP contribution in [0.15, 0.2) is 35.0 Å². The zero-order chi connectivity index (χ0) is 15.6. The zero-order valence-electron chi connectivity index (χ0n) is 11.1. The van der Waals surface area contributed by atoms with E-state index >= 15 is 0 Å². The van der Waals surface area contributed by atoms with Gasteiger partial charge in [-0.25, -0.2) is 9.79 Å². The Bertz CT molecular complexity index is 673. The van der Waals surface area contributed by atoms with Crippen LogP contribution in [-0.2, 0) is 9.59 Å². The first-order valence-corrected chi connectivity index (χ1v) is 6.02. The van der Waals surface area contributed by atoms with Crippen LogP contribution in [0.5, 0.6) is 0 Å². The molecule has 0 saturated carbocycles. The lowest BCUT2D eigenvalue weighted by molar-refractivity contribution is -0.140. The van der Waals surface area contributed by atoms with E-state index in [1.807, 2.05) is 0 Å². The monoisotopic (exact) mass is 288 g/mol. The molecule has 1 heterocycles. The molecule has 7 nitrogen and oxygen atoms in total. The molecule has 1 aliphatic heterocycles.